The number of fused-ring (bicyclic) bond motifs is 2. The minimum absolute atomic E-state index is 0.0213. The summed E-state index contributed by atoms with van der Waals surface area (Å²) in [5.41, 5.74) is 0.619. The highest BCUT2D eigenvalue weighted by Crippen LogP contribution is 2.29. The summed E-state index contributed by atoms with van der Waals surface area (Å²) in [6.07, 6.45) is 0. The van der Waals surface area contributed by atoms with E-state index in [-0.39, 0.29) is 22.6 Å². The largest absolute Gasteiger partial charge is 0.497 e. The van der Waals surface area contributed by atoms with Crippen molar-refractivity contribution in [3.8, 4) is 17.2 Å². The van der Waals surface area contributed by atoms with Crippen molar-refractivity contribution < 1.29 is 19.1 Å². The Morgan fingerprint density at radius 2 is 1.82 bits per heavy atom. The zero-order chi connectivity index (χ0) is 26.8. The number of anilines is 1. The molecule has 0 aliphatic rings. The van der Waals surface area contributed by atoms with Gasteiger partial charge in [0.05, 0.1) is 47.1 Å². The molecule has 38 heavy (non-hydrogen) atoms. The van der Waals surface area contributed by atoms with Crippen LogP contribution in [0.3, 0.4) is 0 Å². The summed E-state index contributed by atoms with van der Waals surface area (Å²) in [7, 11) is 3.05. The zero-order valence-corrected chi connectivity index (χ0v) is 21.7. The lowest BCUT2D eigenvalue weighted by Crippen LogP contribution is -2.35. The highest BCUT2D eigenvalue weighted by atomic mass is 35.5. The molecule has 2 aromatic heterocycles. The van der Waals surface area contributed by atoms with Crippen LogP contribution in [0.15, 0.2) is 65.5 Å². The number of ether oxygens (including phenoxy) is 2. The van der Waals surface area contributed by atoms with Crippen LogP contribution in [0.5, 0.6) is 11.5 Å². The van der Waals surface area contributed by atoms with E-state index in [0.717, 1.165) is 9.38 Å². The fourth-order valence-corrected chi connectivity index (χ4v) is 4.97. The number of hydrogen-bond donors (Lipinski definition) is 2. The molecule has 2 N–H and O–H groups in total. The van der Waals surface area contributed by atoms with E-state index in [0.29, 0.717) is 33.2 Å². The molecule has 0 aliphatic heterocycles. The second kappa shape index (κ2) is 10.5. The zero-order valence-electron chi connectivity index (χ0n) is 20.1. The normalized spacial score (nSPS) is 10.9. The Bertz CT molecular complexity index is 1770. The van der Waals surface area contributed by atoms with Crippen LogP contribution >= 0.6 is 22.9 Å². The number of halogens is 1. The quantitative estimate of drug-likeness (QED) is 0.314. The molecule has 0 fully saturated rings. The molecule has 2 amide bonds. The van der Waals surface area contributed by atoms with Gasteiger partial charge in [-0.2, -0.15) is 9.78 Å². The van der Waals surface area contributed by atoms with Crippen molar-refractivity contribution in [2.75, 3.05) is 26.1 Å². The predicted molar refractivity (Wildman–Crippen MR) is 146 cm³/mol. The van der Waals surface area contributed by atoms with Gasteiger partial charge in [0, 0.05) is 5.39 Å². The predicted octanol–water partition coefficient (Wildman–Crippen LogP) is 4.03. The summed E-state index contributed by atoms with van der Waals surface area (Å²) >= 11 is 7.53. The van der Waals surface area contributed by atoms with Crippen LogP contribution < -0.4 is 25.7 Å². The van der Waals surface area contributed by atoms with Crippen molar-refractivity contribution in [1.82, 2.24) is 20.1 Å². The second-order valence-electron chi connectivity index (χ2n) is 8.01. The second-order valence-corrected chi connectivity index (χ2v) is 9.45. The molecule has 0 saturated heterocycles. The highest BCUT2D eigenvalue weighted by molar-refractivity contribution is 7.22. The number of carbonyl (C=O) groups is 2. The molecule has 0 spiro atoms. The molecule has 5 rings (SSSR count). The van der Waals surface area contributed by atoms with Crippen LogP contribution in [0, 0.1) is 0 Å². The number of methoxy groups -OCH3 is 2. The number of amides is 2. The molecule has 5 aromatic rings. The average molecular weight is 550 g/mol. The summed E-state index contributed by atoms with van der Waals surface area (Å²) in [5.74, 6) is 0.0208. The average Bonchev–Trinajstić information content (AvgIpc) is 3.33. The Labute approximate surface area is 224 Å². The van der Waals surface area contributed by atoms with Gasteiger partial charge in [-0.05, 0) is 42.5 Å². The van der Waals surface area contributed by atoms with Crippen LogP contribution in [-0.4, -0.2) is 47.3 Å². The first-order valence-electron chi connectivity index (χ1n) is 11.3. The minimum Gasteiger partial charge on any atom is -0.497 e. The van der Waals surface area contributed by atoms with E-state index in [9.17, 15) is 14.4 Å². The molecule has 2 heterocycles. The molecule has 0 aliphatic carbocycles. The van der Waals surface area contributed by atoms with Crippen molar-refractivity contribution in [3.63, 3.8) is 0 Å². The summed E-state index contributed by atoms with van der Waals surface area (Å²) < 4.78 is 12.3. The lowest BCUT2D eigenvalue weighted by molar-refractivity contribution is -0.115. The fourth-order valence-electron chi connectivity index (χ4n) is 3.81. The van der Waals surface area contributed by atoms with Crippen molar-refractivity contribution >= 4 is 60.9 Å². The maximum absolute atomic E-state index is 13.2. The van der Waals surface area contributed by atoms with Gasteiger partial charge in [0.2, 0.25) is 5.91 Å². The third kappa shape index (κ3) is 4.89. The lowest BCUT2D eigenvalue weighted by atomic mass is 10.1. The molecule has 0 atom stereocenters. The van der Waals surface area contributed by atoms with E-state index < -0.39 is 17.4 Å². The minimum atomic E-state index is -0.626. The van der Waals surface area contributed by atoms with Crippen LogP contribution in [0.4, 0.5) is 5.13 Å². The van der Waals surface area contributed by atoms with E-state index in [2.05, 4.69) is 20.7 Å². The van der Waals surface area contributed by atoms with Crippen LogP contribution in [-0.2, 0) is 4.79 Å². The van der Waals surface area contributed by atoms with E-state index >= 15 is 0 Å². The number of nitrogens with one attached hydrogen (secondary N) is 2. The first kappa shape index (κ1) is 25.2. The van der Waals surface area contributed by atoms with E-state index in [1.54, 1.807) is 55.6 Å². The molecular formula is C26H20ClN5O5S. The van der Waals surface area contributed by atoms with Crippen molar-refractivity contribution in [3.05, 3.63) is 81.7 Å². The maximum atomic E-state index is 13.2. The molecule has 10 nitrogen and oxygen atoms in total. The number of benzene rings is 3. The molecule has 0 bridgehead atoms. The first-order valence-corrected chi connectivity index (χ1v) is 12.5. The third-order valence-electron chi connectivity index (χ3n) is 5.65. The van der Waals surface area contributed by atoms with Crippen LogP contribution in [0.1, 0.15) is 10.5 Å². The number of thiazole rings is 1. The van der Waals surface area contributed by atoms with Gasteiger partial charge in [-0.1, -0.05) is 41.1 Å². The SMILES string of the molecule is COc1ccc2nc(NC(=O)CNC(=O)c3nn(-c4ccc(OC)c(Cl)c4)c(=O)c4ccccc34)sc2c1. The molecule has 0 unspecified atom stereocenters. The maximum Gasteiger partial charge on any atom is 0.279 e. The Morgan fingerprint density at radius 3 is 2.55 bits per heavy atom. The van der Waals surface area contributed by atoms with Gasteiger partial charge in [0.25, 0.3) is 11.5 Å². The van der Waals surface area contributed by atoms with Gasteiger partial charge in [0.15, 0.2) is 10.8 Å². The summed E-state index contributed by atoms with van der Waals surface area (Å²) in [5, 5.41) is 10.9. The number of rotatable bonds is 7. The highest BCUT2D eigenvalue weighted by Gasteiger charge is 2.19. The molecule has 3 aromatic carbocycles. The van der Waals surface area contributed by atoms with Crippen molar-refractivity contribution in [2.24, 2.45) is 0 Å². The van der Waals surface area contributed by atoms with Crippen LogP contribution in [0.25, 0.3) is 26.7 Å². The van der Waals surface area contributed by atoms with Gasteiger partial charge in [0.1, 0.15) is 11.5 Å². The molecule has 0 radical (unpaired) electrons. The first-order chi connectivity index (χ1) is 18.4. The molecular weight excluding hydrogens is 530 g/mol. The molecule has 0 saturated carbocycles. The monoisotopic (exact) mass is 549 g/mol. The van der Waals surface area contributed by atoms with Gasteiger partial charge in [-0.3, -0.25) is 14.4 Å². The van der Waals surface area contributed by atoms with Crippen LogP contribution in [0.2, 0.25) is 5.02 Å². The topological polar surface area (TPSA) is 124 Å². The number of carbonyl (C=O) groups excluding carboxylic acids is 2. The Balaban J connectivity index is 1.39. The number of hydrogen-bond acceptors (Lipinski definition) is 8. The summed E-state index contributed by atoms with van der Waals surface area (Å²) in [6, 6.07) is 16.8. The van der Waals surface area contributed by atoms with E-state index in [1.165, 1.54) is 24.5 Å². The number of nitrogens with zero attached hydrogens (tertiary/aromatic N) is 3. The molecule has 192 valence electrons. The lowest BCUT2D eigenvalue weighted by Gasteiger charge is -2.12. The smallest absolute Gasteiger partial charge is 0.279 e. The standard InChI is InChI=1S/C26H20ClN5O5S/c1-36-15-8-9-19-21(12-15)38-26(29-19)30-22(33)13-28-24(34)23-16-5-3-4-6-17(16)25(35)32(31-23)14-7-10-20(37-2)18(27)11-14/h3-12H,13H2,1-2H3,(H,28,34)(H,29,30,33). The summed E-state index contributed by atoms with van der Waals surface area (Å²) in [4.78, 5) is 43.3. The van der Waals surface area contributed by atoms with Gasteiger partial charge < -0.3 is 20.1 Å². The fraction of sp³-hybridized carbons (Fsp3) is 0.115. The summed E-state index contributed by atoms with van der Waals surface area (Å²) in [6.45, 7) is -0.332. The van der Waals surface area contributed by atoms with Gasteiger partial charge >= 0.3 is 0 Å². The third-order valence-corrected chi connectivity index (χ3v) is 6.88. The Kier molecular flexibility index (Phi) is 6.95. The van der Waals surface area contributed by atoms with E-state index in [4.69, 9.17) is 21.1 Å². The molecule has 12 heteroatoms. The van der Waals surface area contributed by atoms with Gasteiger partial charge in [-0.25, -0.2) is 4.98 Å². The number of aromatic nitrogens is 3. The van der Waals surface area contributed by atoms with Gasteiger partial charge in [-0.15, -0.1) is 0 Å². The Hall–Kier alpha value is -4.48. The van der Waals surface area contributed by atoms with E-state index in [1.807, 2.05) is 6.07 Å². The van der Waals surface area contributed by atoms with Crippen molar-refractivity contribution in [2.45, 2.75) is 0 Å². The van der Waals surface area contributed by atoms with Crippen molar-refractivity contribution in [1.29, 1.82) is 0 Å². The Morgan fingerprint density at radius 1 is 1.03 bits per heavy atom.